The van der Waals surface area contributed by atoms with Gasteiger partial charge in [0, 0.05) is 0 Å². The van der Waals surface area contributed by atoms with E-state index in [0.717, 1.165) is 5.76 Å². The molecule has 1 heterocycles. The lowest BCUT2D eigenvalue weighted by molar-refractivity contribution is 0.106. The van der Waals surface area contributed by atoms with Crippen molar-refractivity contribution in [2.75, 3.05) is 0 Å². The van der Waals surface area contributed by atoms with E-state index in [1.165, 1.54) is 0 Å². The minimum Gasteiger partial charge on any atom is -0.413 e. The van der Waals surface area contributed by atoms with Gasteiger partial charge >= 0.3 is 0 Å². The van der Waals surface area contributed by atoms with Crippen LogP contribution in [0.15, 0.2) is 11.8 Å². The lowest BCUT2D eigenvalue weighted by Gasteiger charge is -2.09. The van der Waals surface area contributed by atoms with Crippen LogP contribution in [-0.2, 0) is 4.84 Å². The largest absolute Gasteiger partial charge is 0.413 e. The number of allylic oxidation sites excluding steroid dienone is 1. The molecule has 0 aromatic rings. The quantitative estimate of drug-likeness (QED) is 0.575. The highest BCUT2D eigenvalue weighted by molar-refractivity contribution is 5.02. The maximum atomic E-state index is 5.04. The summed E-state index contributed by atoms with van der Waals surface area (Å²) < 4.78 is 0. The number of hydroxylamine groups is 1. The molecule has 1 aliphatic heterocycles. The maximum absolute atomic E-state index is 5.04. The van der Waals surface area contributed by atoms with E-state index < -0.39 is 0 Å². The fraction of sp³-hybridized carbons (Fsp3) is 0.714. The Morgan fingerprint density at radius 3 is 2.56 bits per heavy atom. The molecule has 0 aliphatic carbocycles. The Bertz CT molecular complexity index is 129. The molecule has 0 fully saturated rings. The van der Waals surface area contributed by atoms with Crippen molar-refractivity contribution in [3.8, 4) is 0 Å². The first-order chi connectivity index (χ1) is 4.20. The van der Waals surface area contributed by atoms with Crippen molar-refractivity contribution in [3.63, 3.8) is 0 Å². The number of rotatable bonds is 1. The summed E-state index contributed by atoms with van der Waals surface area (Å²) in [6, 6.07) is 0.407. The van der Waals surface area contributed by atoms with Crippen molar-refractivity contribution in [1.82, 2.24) is 5.48 Å². The van der Waals surface area contributed by atoms with Crippen molar-refractivity contribution < 1.29 is 4.84 Å². The molecule has 0 saturated heterocycles. The summed E-state index contributed by atoms with van der Waals surface area (Å²) >= 11 is 0. The van der Waals surface area contributed by atoms with E-state index in [2.05, 4.69) is 25.4 Å². The highest BCUT2D eigenvalue weighted by atomic mass is 16.7. The molecule has 52 valence electrons. The first-order valence-electron chi connectivity index (χ1n) is 3.31. The van der Waals surface area contributed by atoms with Crippen molar-refractivity contribution in [3.05, 3.63) is 11.8 Å². The second-order valence-corrected chi connectivity index (χ2v) is 2.77. The van der Waals surface area contributed by atoms with Crippen LogP contribution < -0.4 is 5.48 Å². The van der Waals surface area contributed by atoms with Crippen LogP contribution >= 0.6 is 0 Å². The van der Waals surface area contributed by atoms with E-state index in [-0.39, 0.29) is 0 Å². The Morgan fingerprint density at radius 1 is 1.67 bits per heavy atom. The first-order valence-corrected chi connectivity index (χ1v) is 3.31. The summed E-state index contributed by atoms with van der Waals surface area (Å²) in [5.41, 5.74) is 2.91. The molecule has 0 aromatic heterocycles. The van der Waals surface area contributed by atoms with Crippen LogP contribution in [0.1, 0.15) is 20.8 Å². The summed E-state index contributed by atoms with van der Waals surface area (Å²) in [6.07, 6.45) is 2.10. The lowest BCUT2D eigenvalue weighted by Crippen LogP contribution is -2.25. The maximum Gasteiger partial charge on any atom is 0.118 e. The second-order valence-electron chi connectivity index (χ2n) is 2.77. The van der Waals surface area contributed by atoms with E-state index in [0.29, 0.717) is 12.0 Å². The van der Waals surface area contributed by atoms with Gasteiger partial charge in [-0.1, -0.05) is 13.8 Å². The molecule has 1 rings (SSSR count). The van der Waals surface area contributed by atoms with E-state index in [1.807, 2.05) is 6.92 Å². The zero-order valence-electron chi connectivity index (χ0n) is 6.14. The van der Waals surface area contributed by atoms with Gasteiger partial charge in [0.25, 0.3) is 0 Å². The Labute approximate surface area is 55.9 Å². The average Bonchev–Trinajstić information content (AvgIpc) is 2.14. The van der Waals surface area contributed by atoms with Gasteiger partial charge in [0.2, 0.25) is 0 Å². The van der Waals surface area contributed by atoms with Gasteiger partial charge in [-0.15, -0.1) is 5.48 Å². The van der Waals surface area contributed by atoms with Gasteiger partial charge in [0.15, 0.2) is 0 Å². The number of hydrogen-bond acceptors (Lipinski definition) is 2. The molecule has 0 radical (unpaired) electrons. The molecule has 0 spiro atoms. The standard InChI is InChI=1S/C7H13NO/c1-5(2)7-4-6(3)9-8-7/h4-5,7-8H,1-3H3. The minimum absolute atomic E-state index is 0.407. The predicted octanol–water partition coefficient (Wildman–Crippen LogP) is 1.45. The topological polar surface area (TPSA) is 21.3 Å². The molecule has 0 bridgehead atoms. The van der Waals surface area contributed by atoms with E-state index >= 15 is 0 Å². The predicted molar refractivity (Wildman–Crippen MR) is 36.6 cm³/mol. The third kappa shape index (κ3) is 1.45. The van der Waals surface area contributed by atoms with Crippen molar-refractivity contribution in [2.45, 2.75) is 26.8 Å². The summed E-state index contributed by atoms with van der Waals surface area (Å²) in [6.45, 7) is 6.28. The van der Waals surface area contributed by atoms with Crippen molar-refractivity contribution in [2.24, 2.45) is 5.92 Å². The molecule has 0 saturated carbocycles. The van der Waals surface area contributed by atoms with Gasteiger partial charge in [0.1, 0.15) is 5.76 Å². The highest BCUT2D eigenvalue weighted by Crippen LogP contribution is 2.12. The number of nitrogens with one attached hydrogen (secondary N) is 1. The minimum atomic E-state index is 0.407. The van der Waals surface area contributed by atoms with Crippen molar-refractivity contribution in [1.29, 1.82) is 0 Å². The molecular formula is C7H13NO. The number of hydrogen-bond donors (Lipinski definition) is 1. The smallest absolute Gasteiger partial charge is 0.118 e. The lowest BCUT2D eigenvalue weighted by atomic mass is 10.1. The van der Waals surface area contributed by atoms with Crippen LogP contribution in [0.4, 0.5) is 0 Å². The fourth-order valence-corrected chi connectivity index (χ4v) is 0.810. The molecule has 1 N–H and O–H groups in total. The third-order valence-electron chi connectivity index (χ3n) is 1.49. The van der Waals surface area contributed by atoms with Gasteiger partial charge in [-0.3, -0.25) is 0 Å². The Balaban J connectivity index is 2.47. The first kappa shape index (κ1) is 6.62. The van der Waals surface area contributed by atoms with Crippen LogP contribution in [0.25, 0.3) is 0 Å². The molecular weight excluding hydrogens is 114 g/mol. The Hall–Kier alpha value is -0.500. The zero-order chi connectivity index (χ0) is 6.85. The molecule has 1 aliphatic rings. The van der Waals surface area contributed by atoms with E-state index in [9.17, 15) is 0 Å². The van der Waals surface area contributed by atoms with E-state index in [4.69, 9.17) is 4.84 Å². The fourth-order valence-electron chi connectivity index (χ4n) is 0.810. The van der Waals surface area contributed by atoms with Crippen LogP contribution in [0.2, 0.25) is 0 Å². The van der Waals surface area contributed by atoms with Crippen LogP contribution in [0.5, 0.6) is 0 Å². The molecule has 1 atom stereocenters. The summed E-state index contributed by atoms with van der Waals surface area (Å²) in [7, 11) is 0. The molecule has 1 unspecified atom stereocenters. The molecule has 2 nitrogen and oxygen atoms in total. The van der Waals surface area contributed by atoms with Gasteiger partial charge in [0.05, 0.1) is 6.04 Å². The van der Waals surface area contributed by atoms with Crippen LogP contribution in [0, 0.1) is 5.92 Å². The highest BCUT2D eigenvalue weighted by Gasteiger charge is 2.16. The van der Waals surface area contributed by atoms with E-state index in [1.54, 1.807) is 0 Å². The summed E-state index contributed by atoms with van der Waals surface area (Å²) in [5, 5.41) is 0. The van der Waals surface area contributed by atoms with Gasteiger partial charge < -0.3 is 4.84 Å². The summed E-state index contributed by atoms with van der Waals surface area (Å²) in [5.74, 6) is 1.59. The zero-order valence-corrected chi connectivity index (χ0v) is 6.14. The molecule has 2 heteroatoms. The van der Waals surface area contributed by atoms with Crippen LogP contribution in [-0.4, -0.2) is 6.04 Å². The SMILES string of the molecule is CC1=CC(C(C)C)NO1. The monoisotopic (exact) mass is 127 g/mol. The average molecular weight is 127 g/mol. The summed E-state index contributed by atoms with van der Waals surface area (Å²) in [4.78, 5) is 5.04. The van der Waals surface area contributed by atoms with Gasteiger partial charge in [-0.05, 0) is 18.9 Å². The second kappa shape index (κ2) is 2.40. The molecule has 9 heavy (non-hydrogen) atoms. The Kier molecular flexibility index (Phi) is 1.76. The van der Waals surface area contributed by atoms with Gasteiger partial charge in [-0.2, -0.15) is 0 Å². The third-order valence-corrected chi connectivity index (χ3v) is 1.49. The van der Waals surface area contributed by atoms with Crippen LogP contribution in [0.3, 0.4) is 0 Å². The normalized spacial score (nSPS) is 26.2. The van der Waals surface area contributed by atoms with Gasteiger partial charge in [-0.25, -0.2) is 0 Å². The Morgan fingerprint density at radius 2 is 2.33 bits per heavy atom. The molecule has 0 amide bonds. The van der Waals surface area contributed by atoms with Crippen molar-refractivity contribution >= 4 is 0 Å². The molecule has 0 aromatic carbocycles.